The van der Waals surface area contributed by atoms with Crippen LogP contribution in [0, 0.1) is 12.8 Å². The molecule has 2 aromatic rings. The van der Waals surface area contributed by atoms with Gasteiger partial charge in [0.2, 0.25) is 0 Å². The lowest BCUT2D eigenvalue weighted by Crippen LogP contribution is -2.41. The molecule has 0 aliphatic carbocycles. The third kappa shape index (κ3) is 4.49. The Morgan fingerprint density at radius 3 is 2.54 bits per heavy atom. The molecule has 1 fully saturated rings. The van der Waals surface area contributed by atoms with Gasteiger partial charge in [0, 0.05) is 19.6 Å². The minimum Gasteiger partial charge on any atom is -0.352 e. The number of aromatic nitrogens is 2. The van der Waals surface area contributed by atoms with Crippen LogP contribution in [0.5, 0.6) is 0 Å². The number of benzene rings is 1. The van der Waals surface area contributed by atoms with Crippen LogP contribution >= 0.6 is 11.5 Å². The van der Waals surface area contributed by atoms with Gasteiger partial charge in [0.25, 0.3) is 11.8 Å². The topological polar surface area (TPSA) is 75.2 Å². The van der Waals surface area contributed by atoms with Gasteiger partial charge < -0.3 is 10.2 Å². The van der Waals surface area contributed by atoms with Crippen LogP contribution in [-0.4, -0.2) is 45.9 Å². The Kier molecular flexibility index (Phi) is 5.97. The zero-order valence-corrected chi connectivity index (χ0v) is 15.9. The summed E-state index contributed by atoms with van der Waals surface area (Å²) in [7, 11) is 0. The SMILES string of the molecule is Cc1nnsc1C(=O)N1CCC(CNC(=O)c2ccccc2C(F)(F)F)CC1. The number of likely N-dealkylation sites (tertiary alicyclic amines) is 1. The average Bonchev–Trinajstić information content (AvgIpc) is 3.11. The number of piperidine rings is 1. The first-order valence-electron chi connectivity index (χ1n) is 8.80. The van der Waals surface area contributed by atoms with E-state index in [0.29, 0.717) is 36.5 Å². The van der Waals surface area contributed by atoms with Crippen molar-refractivity contribution in [3.63, 3.8) is 0 Å². The fourth-order valence-corrected chi connectivity index (χ4v) is 3.80. The Morgan fingerprint density at radius 2 is 1.93 bits per heavy atom. The van der Waals surface area contributed by atoms with E-state index in [1.54, 1.807) is 11.8 Å². The average molecular weight is 412 g/mol. The number of nitrogens with one attached hydrogen (secondary N) is 1. The number of rotatable bonds is 4. The predicted molar refractivity (Wildman–Crippen MR) is 97.1 cm³/mol. The quantitative estimate of drug-likeness (QED) is 0.837. The van der Waals surface area contributed by atoms with E-state index in [1.807, 2.05) is 0 Å². The van der Waals surface area contributed by atoms with Crippen molar-refractivity contribution in [3.8, 4) is 0 Å². The molecule has 1 aliphatic rings. The van der Waals surface area contributed by atoms with Crippen molar-refractivity contribution in [3.05, 3.63) is 46.0 Å². The summed E-state index contributed by atoms with van der Waals surface area (Å²) in [5.74, 6) is -0.737. The Labute approximate surface area is 163 Å². The highest BCUT2D eigenvalue weighted by atomic mass is 32.1. The highest BCUT2D eigenvalue weighted by Crippen LogP contribution is 2.31. The number of hydrogen-bond acceptors (Lipinski definition) is 5. The van der Waals surface area contributed by atoms with Crippen LogP contribution in [0.25, 0.3) is 0 Å². The maximum absolute atomic E-state index is 13.0. The standard InChI is InChI=1S/C18H19F3N4O2S/c1-11-15(28-24-23-11)17(27)25-8-6-12(7-9-25)10-22-16(26)13-4-2-3-5-14(13)18(19,20)21/h2-5,12H,6-10H2,1H3,(H,22,26). The van der Waals surface area contributed by atoms with Crippen LogP contribution in [0.2, 0.25) is 0 Å². The number of carbonyl (C=O) groups excluding carboxylic acids is 2. The van der Waals surface area contributed by atoms with Crippen molar-refractivity contribution in [2.75, 3.05) is 19.6 Å². The third-order valence-electron chi connectivity index (χ3n) is 4.78. The summed E-state index contributed by atoms with van der Waals surface area (Å²) < 4.78 is 42.9. The van der Waals surface area contributed by atoms with Crippen molar-refractivity contribution in [1.82, 2.24) is 19.8 Å². The Morgan fingerprint density at radius 1 is 1.25 bits per heavy atom. The van der Waals surface area contributed by atoms with Crippen LogP contribution < -0.4 is 5.32 Å². The first kappa shape index (κ1) is 20.2. The van der Waals surface area contributed by atoms with E-state index in [4.69, 9.17) is 0 Å². The monoisotopic (exact) mass is 412 g/mol. The van der Waals surface area contributed by atoms with Crippen molar-refractivity contribution >= 4 is 23.3 Å². The molecule has 0 saturated carbocycles. The second-order valence-corrected chi connectivity index (χ2v) is 7.43. The summed E-state index contributed by atoms with van der Waals surface area (Å²) >= 11 is 1.07. The molecule has 10 heteroatoms. The van der Waals surface area contributed by atoms with Crippen molar-refractivity contribution in [2.24, 2.45) is 5.92 Å². The summed E-state index contributed by atoms with van der Waals surface area (Å²) in [6.45, 7) is 3.05. The lowest BCUT2D eigenvalue weighted by Gasteiger charge is -2.31. The number of aryl methyl sites for hydroxylation is 1. The molecule has 0 spiro atoms. The number of hydrogen-bond donors (Lipinski definition) is 1. The largest absolute Gasteiger partial charge is 0.417 e. The third-order valence-corrected chi connectivity index (χ3v) is 5.59. The van der Waals surface area contributed by atoms with Crippen LogP contribution in [0.3, 0.4) is 0 Å². The molecule has 1 aromatic heterocycles. The van der Waals surface area contributed by atoms with Crippen molar-refractivity contribution in [1.29, 1.82) is 0 Å². The first-order chi connectivity index (χ1) is 13.3. The summed E-state index contributed by atoms with van der Waals surface area (Å²) in [6.07, 6.45) is -3.25. The van der Waals surface area contributed by atoms with Gasteiger partial charge in [0.1, 0.15) is 4.88 Å². The van der Waals surface area contributed by atoms with Crippen LogP contribution in [0.1, 0.15) is 44.1 Å². The number of nitrogens with zero attached hydrogens (tertiary/aromatic N) is 3. The van der Waals surface area contributed by atoms with E-state index in [-0.39, 0.29) is 23.9 Å². The molecule has 6 nitrogen and oxygen atoms in total. The molecule has 0 bridgehead atoms. The lowest BCUT2D eigenvalue weighted by molar-refractivity contribution is -0.137. The van der Waals surface area contributed by atoms with E-state index in [0.717, 1.165) is 17.6 Å². The highest BCUT2D eigenvalue weighted by molar-refractivity contribution is 7.07. The first-order valence-corrected chi connectivity index (χ1v) is 9.57. The second-order valence-electron chi connectivity index (χ2n) is 6.68. The zero-order chi connectivity index (χ0) is 20.3. The lowest BCUT2D eigenvalue weighted by atomic mass is 9.96. The Hall–Kier alpha value is -2.49. The maximum atomic E-state index is 13.0. The van der Waals surface area contributed by atoms with Crippen LogP contribution in [0.15, 0.2) is 24.3 Å². The van der Waals surface area contributed by atoms with Gasteiger partial charge in [0.05, 0.1) is 16.8 Å². The molecule has 0 atom stereocenters. The minimum absolute atomic E-state index is 0.103. The van der Waals surface area contributed by atoms with Gasteiger partial charge in [-0.1, -0.05) is 16.6 Å². The molecule has 0 radical (unpaired) electrons. The molecule has 2 heterocycles. The summed E-state index contributed by atoms with van der Waals surface area (Å²) in [5, 5.41) is 6.44. The Balaban J connectivity index is 1.53. The van der Waals surface area contributed by atoms with Crippen molar-refractivity contribution < 1.29 is 22.8 Å². The normalized spacial score (nSPS) is 15.5. The van der Waals surface area contributed by atoms with Gasteiger partial charge in [0.15, 0.2) is 0 Å². The highest BCUT2D eigenvalue weighted by Gasteiger charge is 2.35. The fourth-order valence-electron chi connectivity index (χ4n) is 3.17. The molecular weight excluding hydrogens is 393 g/mol. The molecule has 0 unspecified atom stereocenters. The summed E-state index contributed by atoms with van der Waals surface area (Å²) in [6, 6.07) is 4.73. The summed E-state index contributed by atoms with van der Waals surface area (Å²) in [5.41, 5.74) is -0.718. The molecule has 1 saturated heterocycles. The van der Waals surface area contributed by atoms with Gasteiger partial charge >= 0.3 is 6.18 Å². The molecule has 2 amide bonds. The van der Waals surface area contributed by atoms with Gasteiger partial charge in [-0.05, 0) is 49.3 Å². The van der Waals surface area contributed by atoms with Crippen LogP contribution in [0.4, 0.5) is 13.2 Å². The van der Waals surface area contributed by atoms with E-state index in [1.165, 1.54) is 18.2 Å². The van der Waals surface area contributed by atoms with E-state index < -0.39 is 17.6 Å². The van der Waals surface area contributed by atoms with Gasteiger partial charge in [-0.15, -0.1) is 5.10 Å². The van der Waals surface area contributed by atoms with E-state index in [9.17, 15) is 22.8 Å². The van der Waals surface area contributed by atoms with E-state index >= 15 is 0 Å². The molecule has 150 valence electrons. The zero-order valence-electron chi connectivity index (χ0n) is 15.1. The molecule has 1 aromatic carbocycles. The number of amides is 2. The van der Waals surface area contributed by atoms with Gasteiger partial charge in [-0.2, -0.15) is 13.2 Å². The number of halogens is 3. The fraction of sp³-hybridized carbons (Fsp3) is 0.444. The van der Waals surface area contributed by atoms with Gasteiger partial charge in [-0.25, -0.2) is 0 Å². The number of alkyl halides is 3. The van der Waals surface area contributed by atoms with Crippen LogP contribution in [-0.2, 0) is 6.18 Å². The molecule has 28 heavy (non-hydrogen) atoms. The predicted octanol–water partition coefficient (Wildman–Crippen LogP) is 3.15. The maximum Gasteiger partial charge on any atom is 0.417 e. The molecule has 1 N–H and O–H groups in total. The molecule has 1 aliphatic heterocycles. The summed E-state index contributed by atoms with van der Waals surface area (Å²) in [4.78, 5) is 26.9. The molecular formula is C18H19F3N4O2S. The smallest absolute Gasteiger partial charge is 0.352 e. The Bertz CT molecular complexity index is 861. The second kappa shape index (κ2) is 8.26. The van der Waals surface area contributed by atoms with Gasteiger partial charge in [-0.3, -0.25) is 9.59 Å². The van der Waals surface area contributed by atoms with Crippen molar-refractivity contribution in [2.45, 2.75) is 25.9 Å². The minimum atomic E-state index is -4.58. The number of carbonyl (C=O) groups is 2. The van der Waals surface area contributed by atoms with E-state index in [2.05, 4.69) is 14.9 Å². The molecule has 3 rings (SSSR count).